The van der Waals surface area contributed by atoms with Crippen molar-refractivity contribution in [2.24, 2.45) is 7.05 Å². The fourth-order valence-electron chi connectivity index (χ4n) is 2.44. The molecular formula is C13H20N4O3. The van der Waals surface area contributed by atoms with Gasteiger partial charge in [-0.1, -0.05) is 6.92 Å². The summed E-state index contributed by atoms with van der Waals surface area (Å²) in [5, 5.41) is 16.0. The summed E-state index contributed by atoms with van der Waals surface area (Å²) in [6, 6.07) is 1.39. The molecule has 1 amide bonds. The van der Waals surface area contributed by atoms with Gasteiger partial charge in [-0.15, -0.1) is 0 Å². The highest BCUT2D eigenvalue weighted by Gasteiger charge is 2.32. The molecule has 1 atom stereocenters. The summed E-state index contributed by atoms with van der Waals surface area (Å²) in [7, 11) is 1.87. The van der Waals surface area contributed by atoms with Gasteiger partial charge in [-0.05, 0) is 12.5 Å². The van der Waals surface area contributed by atoms with Gasteiger partial charge in [-0.25, -0.2) is 0 Å². The number of piperazine rings is 1. The van der Waals surface area contributed by atoms with Gasteiger partial charge in [0.05, 0.1) is 17.8 Å². The van der Waals surface area contributed by atoms with Crippen molar-refractivity contribution in [3.8, 4) is 0 Å². The summed E-state index contributed by atoms with van der Waals surface area (Å²) in [5.74, 6) is -1.17. The molecule has 2 rings (SSSR count). The van der Waals surface area contributed by atoms with Gasteiger partial charge < -0.3 is 10.4 Å². The Morgan fingerprint density at radius 1 is 1.60 bits per heavy atom. The fraction of sp³-hybridized carbons (Fsp3) is 0.615. The molecule has 2 heterocycles. The summed E-state index contributed by atoms with van der Waals surface area (Å²) in [5.41, 5.74) is 1.99. The van der Waals surface area contributed by atoms with E-state index in [0.717, 1.165) is 17.8 Å². The zero-order valence-corrected chi connectivity index (χ0v) is 11.8. The third-order valence-corrected chi connectivity index (χ3v) is 3.56. The number of rotatable bonds is 5. The van der Waals surface area contributed by atoms with E-state index in [2.05, 4.69) is 10.4 Å². The third kappa shape index (κ3) is 3.16. The minimum Gasteiger partial charge on any atom is -0.481 e. The standard InChI is InChI=1S/C13H20N4O3/c1-3-9-6-10(16(2)15-9)8-17-5-4-14-13(20)11(17)7-12(18)19/h6,11H,3-5,7-8H2,1-2H3,(H,14,20)(H,18,19). The summed E-state index contributed by atoms with van der Waals surface area (Å²) >= 11 is 0. The molecule has 1 aliphatic heterocycles. The quantitative estimate of drug-likeness (QED) is 0.777. The second-order valence-corrected chi connectivity index (χ2v) is 4.98. The first-order valence-corrected chi connectivity index (χ1v) is 6.76. The van der Waals surface area contributed by atoms with Crippen LogP contribution in [0, 0.1) is 0 Å². The lowest BCUT2D eigenvalue weighted by atomic mass is 10.1. The number of hydrogen-bond donors (Lipinski definition) is 2. The van der Waals surface area contributed by atoms with Crippen molar-refractivity contribution < 1.29 is 14.7 Å². The van der Waals surface area contributed by atoms with Gasteiger partial charge >= 0.3 is 5.97 Å². The number of carbonyl (C=O) groups is 2. The maximum absolute atomic E-state index is 11.8. The van der Waals surface area contributed by atoms with Gasteiger partial charge in [0.25, 0.3) is 0 Å². The predicted octanol–water partition coefficient (Wildman–Crippen LogP) is -0.242. The lowest BCUT2D eigenvalue weighted by Gasteiger charge is -2.34. The van der Waals surface area contributed by atoms with Crippen LogP contribution in [0.25, 0.3) is 0 Å². The van der Waals surface area contributed by atoms with Gasteiger partial charge in [-0.3, -0.25) is 19.2 Å². The van der Waals surface area contributed by atoms with Crippen LogP contribution in [0.1, 0.15) is 24.7 Å². The molecule has 0 radical (unpaired) electrons. The zero-order chi connectivity index (χ0) is 14.7. The first-order chi connectivity index (χ1) is 9.51. The van der Waals surface area contributed by atoms with E-state index in [1.165, 1.54) is 0 Å². The fourth-order valence-corrected chi connectivity index (χ4v) is 2.44. The predicted molar refractivity (Wildman–Crippen MR) is 72.0 cm³/mol. The van der Waals surface area contributed by atoms with Crippen LogP contribution in [0.5, 0.6) is 0 Å². The number of nitrogens with one attached hydrogen (secondary N) is 1. The van der Waals surface area contributed by atoms with Crippen LogP contribution in [-0.4, -0.2) is 50.8 Å². The maximum atomic E-state index is 11.8. The lowest BCUT2D eigenvalue weighted by molar-refractivity contribution is -0.143. The third-order valence-electron chi connectivity index (χ3n) is 3.56. The molecule has 7 heteroatoms. The molecule has 0 aromatic carbocycles. The molecule has 0 bridgehead atoms. The van der Waals surface area contributed by atoms with E-state index in [4.69, 9.17) is 5.11 Å². The highest BCUT2D eigenvalue weighted by molar-refractivity contribution is 5.86. The number of carboxylic acids is 1. The highest BCUT2D eigenvalue weighted by atomic mass is 16.4. The van der Waals surface area contributed by atoms with Crippen LogP contribution in [0.4, 0.5) is 0 Å². The van der Waals surface area contributed by atoms with E-state index >= 15 is 0 Å². The zero-order valence-electron chi connectivity index (χ0n) is 11.8. The van der Waals surface area contributed by atoms with Crippen molar-refractivity contribution in [3.63, 3.8) is 0 Å². The molecule has 1 aromatic heterocycles. The van der Waals surface area contributed by atoms with E-state index in [9.17, 15) is 9.59 Å². The summed E-state index contributed by atoms with van der Waals surface area (Å²) in [6.45, 7) is 3.77. The molecule has 2 N–H and O–H groups in total. The number of hydrogen-bond acceptors (Lipinski definition) is 4. The molecule has 0 aliphatic carbocycles. The molecule has 1 aromatic rings. The van der Waals surface area contributed by atoms with Crippen molar-refractivity contribution in [3.05, 3.63) is 17.5 Å². The SMILES string of the molecule is CCc1cc(CN2CCNC(=O)C2CC(=O)O)n(C)n1. The molecule has 110 valence electrons. The van der Waals surface area contributed by atoms with Crippen molar-refractivity contribution in [1.82, 2.24) is 20.0 Å². The monoisotopic (exact) mass is 280 g/mol. The Hall–Kier alpha value is -1.89. The van der Waals surface area contributed by atoms with Gasteiger partial charge in [0.15, 0.2) is 0 Å². The van der Waals surface area contributed by atoms with E-state index in [1.807, 2.05) is 24.9 Å². The number of amides is 1. The Morgan fingerprint density at radius 3 is 2.95 bits per heavy atom. The maximum Gasteiger partial charge on any atom is 0.305 e. The number of nitrogens with zero attached hydrogens (tertiary/aromatic N) is 3. The van der Waals surface area contributed by atoms with E-state index in [-0.39, 0.29) is 12.3 Å². The van der Waals surface area contributed by atoms with Crippen LogP contribution >= 0.6 is 0 Å². The first-order valence-electron chi connectivity index (χ1n) is 6.76. The second-order valence-electron chi connectivity index (χ2n) is 4.98. The van der Waals surface area contributed by atoms with Crippen LogP contribution in [0.15, 0.2) is 6.07 Å². The van der Waals surface area contributed by atoms with Crippen LogP contribution in [0.3, 0.4) is 0 Å². The minimum atomic E-state index is -0.962. The molecule has 7 nitrogen and oxygen atoms in total. The minimum absolute atomic E-state index is 0.176. The smallest absolute Gasteiger partial charge is 0.305 e. The molecule has 20 heavy (non-hydrogen) atoms. The van der Waals surface area contributed by atoms with Gasteiger partial charge in [0.2, 0.25) is 5.91 Å². The number of aliphatic carboxylic acids is 1. The van der Waals surface area contributed by atoms with Gasteiger partial charge in [0.1, 0.15) is 6.04 Å². The highest BCUT2D eigenvalue weighted by Crippen LogP contribution is 2.14. The largest absolute Gasteiger partial charge is 0.481 e. The summed E-state index contributed by atoms with van der Waals surface area (Å²) in [4.78, 5) is 24.6. The van der Waals surface area contributed by atoms with Crippen LogP contribution in [-0.2, 0) is 29.6 Å². The molecule has 1 unspecified atom stereocenters. The second kappa shape index (κ2) is 6.04. The van der Waals surface area contributed by atoms with Gasteiger partial charge in [-0.2, -0.15) is 5.10 Å². The Balaban J connectivity index is 2.13. The van der Waals surface area contributed by atoms with Crippen molar-refractivity contribution in [1.29, 1.82) is 0 Å². The summed E-state index contributed by atoms with van der Waals surface area (Å²) in [6.07, 6.45) is 0.678. The van der Waals surface area contributed by atoms with Crippen LogP contribution < -0.4 is 5.32 Å². The normalized spacial score (nSPS) is 19.9. The van der Waals surface area contributed by atoms with E-state index in [0.29, 0.717) is 19.6 Å². The van der Waals surface area contributed by atoms with Crippen LogP contribution in [0.2, 0.25) is 0 Å². The van der Waals surface area contributed by atoms with Crippen molar-refractivity contribution in [2.75, 3.05) is 13.1 Å². The molecular weight excluding hydrogens is 260 g/mol. The number of aromatic nitrogens is 2. The van der Waals surface area contributed by atoms with Crippen molar-refractivity contribution >= 4 is 11.9 Å². The lowest BCUT2D eigenvalue weighted by Crippen LogP contribution is -2.55. The Labute approximate surface area is 117 Å². The molecule has 1 saturated heterocycles. The van der Waals surface area contributed by atoms with Crippen molar-refractivity contribution in [2.45, 2.75) is 32.4 Å². The Morgan fingerprint density at radius 2 is 2.35 bits per heavy atom. The van der Waals surface area contributed by atoms with Gasteiger partial charge in [0, 0.05) is 26.7 Å². The first kappa shape index (κ1) is 14.5. The van der Waals surface area contributed by atoms with E-state index < -0.39 is 12.0 Å². The van der Waals surface area contributed by atoms with E-state index in [1.54, 1.807) is 4.68 Å². The average Bonchev–Trinajstić information content (AvgIpc) is 2.74. The Bertz CT molecular complexity index is 512. The average molecular weight is 280 g/mol. The molecule has 0 spiro atoms. The molecule has 1 aliphatic rings. The number of carboxylic acid groups (broad SMARTS) is 1. The number of aryl methyl sites for hydroxylation is 2. The molecule has 0 saturated carbocycles. The number of carbonyl (C=O) groups excluding carboxylic acids is 1. The topological polar surface area (TPSA) is 87.5 Å². The Kier molecular flexibility index (Phi) is 4.39. The molecule has 1 fully saturated rings. The summed E-state index contributed by atoms with van der Waals surface area (Å²) < 4.78 is 1.79.